The molecule has 17 heavy (non-hydrogen) atoms. The number of hydrogen-bond donors (Lipinski definition) is 2. The number of hydrogen-bond acceptors (Lipinski definition) is 3. The van der Waals surface area contributed by atoms with Crippen LogP contribution in [-0.2, 0) is 6.54 Å². The third-order valence-electron chi connectivity index (χ3n) is 3.40. The lowest BCUT2D eigenvalue weighted by atomic mass is 10.3. The molecule has 1 aromatic rings. The van der Waals surface area contributed by atoms with E-state index in [0.29, 0.717) is 0 Å². The summed E-state index contributed by atoms with van der Waals surface area (Å²) in [7, 11) is 2.20. The third-order valence-corrected chi connectivity index (χ3v) is 3.40. The summed E-state index contributed by atoms with van der Waals surface area (Å²) in [4.78, 5) is 8.17. The van der Waals surface area contributed by atoms with Gasteiger partial charge in [-0.1, -0.05) is 0 Å². The van der Waals surface area contributed by atoms with E-state index in [2.05, 4.69) is 33.2 Å². The second kappa shape index (κ2) is 6.79. The van der Waals surface area contributed by atoms with Gasteiger partial charge in [-0.2, -0.15) is 0 Å². The highest BCUT2D eigenvalue weighted by Gasteiger charge is 2.12. The summed E-state index contributed by atoms with van der Waals surface area (Å²) >= 11 is 0. The van der Waals surface area contributed by atoms with Crippen LogP contribution >= 0.6 is 0 Å². The Morgan fingerprint density at radius 3 is 2.82 bits per heavy atom. The molecule has 0 bridgehead atoms. The van der Waals surface area contributed by atoms with Crippen molar-refractivity contribution < 1.29 is 0 Å². The van der Waals surface area contributed by atoms with Crippen LogP contribution in [0.15, 0.2) is 18.3 Å². The highest BCUT2D eigenvalue weighted by atomic mass is 15.2. The van der Waals surface area contributed by atoms with E-state index in [-0.39, 0.29) is 0 Å². The fourth-order valence-corrected chi connectivity index (χ4v) is 2.20. The van der Waals surface area contributed by atoms with Crippen LogP contribution in [0, 0.1) is 0 Å². The largest absolute Gasteiger partial charge is 0.364 e. The number of rotatable bonds is 6. The first-order valence-electron chi connectivity index (χ1n) is 6.58. The van der Waals surface area contributed by atoms with Crippen LogP contribution in [0.2, 0.25) is 0 Å². The summed E-state index contributed by atoms with van der Waals surface area (Å²) in [6.07, 6.45) is 3.21. The first-order chi connectivity index (χ1) is 8.34. The lowest BCUT2D eigenvalue weighted by molar-refractivity contribution is 0.152. The van der Waals surface area contributed by atoms with Crippen LogP contribution < -0.4 is 5.32 Å². The number of aromatic amines is 1. The van der Waals surface area contributed by atoms with Crippen LogP contribution in [0.5, 0.6) is 0 Å². The van der Waals surface area contributed by atoms with Crippen LogP contribution in [0.3, 0.4) is 0 Å². The second-order valence-corrected chi connectivity index (χ2v) is 4.87. The van der Waals surface area contributed by atoms with Crippen molar-refractivity contribution in [1.82, 2.24) is 20.1 Å². The quantitative estimate of drug-likeness (QED) is 0.715. The number of likely N-dealkylation sites (N-methyl/N-ethyl adjacent to an activating group) is 1. The minimum Gasteiger partial charge on any atom is -0.364 e. The topological polar surface area (TPSA) is 34.3 Å². The van der Waals surface area contributed by atoms with Gasteiger partial charge in [-0.15, -0.1) is 0 Å². The molecular weight excluding hydrogens is 212 g/mol. The molecule has 1 aliphatic heterocycles. The zero-order valence-corrected chi connectivity index (χ0v) is 10.8. The maximum atomic E-state index is 3.47. The molecule has 0 aliphatic carbocycles. The number of H-pyrrole nitrogens is 1. The van der Waals surface area contributed by atoms with Crippen molar-refractivity contribution in [2.24, 2.45) is 0 Å². The minimum absolute atomic E-state index is 0.954. The third kappa shape index (κ3) is 4.50. The van der Waals surface area contributed by atoms with E-state index in [9.17, 15) is 0 Å². The molecule has 1 aromatic heterocycles. The average Bonchev–Trinajstić information content (AvgIpc) is 2.84. The molecule has 2 N–H and O–H groups in total. The monoisotopic (exact) mass is 236 g/mol. The molecule has 2 rings (SSSR count). The summed E-state index contributed by atoms with van der Waals surface area (Å²) in [6, 6.07) is 4.16. The van der Waals surface area contributed by atoms with E-state index in [0.717, 1.165) is 13.1 Å². The smallest absolute Gasteiger partial charge is 0.0357 e. The van der Waals surface area contributed by atoms with Gasteiger partial charge in [-0.3, -0.25) is 0 Å². The van der Waals surface area contributed by atoms with Crippen molar-refractivity contribution in [1.29, 1.82) is 0 Å². The molecule has 0 saturated carbocycles. The Morgan fingerprint density at radius 2 is 2.12 bits per heavy atom. The van der Waals surface area contributed by atoms with Gasteiger partial charge in [-0.25, -0.2) is 0 Å². The Kier molecular flexibility index (Phi) is 5.04. The van der Waals surface area contributed by atoms with Gasteiger partial charge >= 0.3 is 0 Å². The Hall–Kier alpha value is -0.840. The van der Waals surface area contributed by atoms with E-state index < -0.39 is 0 Å². The van der Waals surface area contributed by atoms with Gasteiger partial charge in [0.1, 0.15) is 0 Å². The van der Waals surface area contributed by atoms with E-state index in [4.69, 9.17) is 0 Å². The number of nitrogens with zero attached hydrogens (tertiary/aromatic N) is 2. The molecule has 0 spiro atoms. The molecule has 0 radical (unpaired) electrons. The fourth-order valence-electron chi connectivity index (χ4n) is 2.20. The lowest BCUT2D eigenvalue weighted by Crippen LogP contribution is -2.45. The molecule has 1 saturated heterocycles. The summed E-state index contributed by atoms with van der Waals surface area (Å²) in [6.45, 7) is 8.18. The molecule has 4 nitrogen and oxygen atoms in total. The second-order valence-electron chi connectivity index (χ2n) is 4.87. The molecule has 0 aromatic carbocycles. The predicted octanol–water partition coefficient (Wildman–Crippen LogP) is 0.742. The van der Waals surface area contributed by atoms with Crippen molar-refractivity contribution >= 4 is 0 Å². The standard InChI is InChI=1S/C13H24N4/c1-16-8-10-17(11-9-16)7-3-5-14-12-13-4-2-6-15-13/h2,4,6,14-15H,3,5,7-12H2,1H3. The maximum Gasteiger partial charge on any atom is 0.0357 e. The average molecular weight is 236 g/mol. The maximum absolute atomic E-state index is 3.47. The molecule has 1 fully saturated rings. The SMILES string of the molecule is CN1CCN(CCCNCc2ccc[nH]2)CC1. The molecule has 2 heterocycles. The van der Waals surface area contributed by atoms with Crippen LogP contribution in [0.25, 0.3) is 0 Å². The number of piperazine rings is 1. The highest BCUT2D eigenvalue weighted by Crippen LogP contribution is 1.99. The van der Waals surface area contributed by atoms with Gasteiger partial charge in [0.2, 0.25) is 0 Å². The fraction of sp³-hybridized carbons (Fsp3) is 0.692. The summed E-state index contributed by atoms with van der Waals surface area (Å²) in [5.41, 5.74) is 1.27. The molecular formula is C13H24N4. The number of aromatic nitrogens is 1. The minimum atomic E-state index is 0.954. The van der Waals surface area contributed by atoms with Gasteiger partial charge in [0.15, 0.2) is 0 Å². The molecule has 0 amide bonds. The van der Waals surface area contributed by atoms with E-state index in [1.54, 1.807) is 0 Å². The molecule has 1 aliphatic rings. The zero-order chi connectivity index (χ0) is 11.9. The molecule has 0 unspecified atom stereocenters. The predicted molar refractivity (Wildman–Crippen MR) is 71.1 cm³/mol. The van der Waals surface area contributed by atoms with Crippen molar-refractivity contribution in [3.8, 4) is 0 Å². The van der Waals surface area contributed by atoms with Crippen molar-refractivity contribution in [3.05, 3.63) is 24.0 Å². The summed E-state index contributed by atoms with van der Waals surface area (Å²) in [5, 5.41) is 3.47. The summed E-state index contributed by atoms with van der Waals surface area (Å²) in [5.74, 6) is 0. The normalized spacial score (nSPS) is 18.6. The van der Waals surface area contributed by atoms with E-state index in [1.807, 2.05) is 12.3 Å². The van der Waals surface area contributed by atoms with Crippen LogP contribution in [-0.4, -0.2) is 61.1 Å². The van der Waals surface area contributed by atoms with Crippen molar-refractivity contribution in [2.75, 3.05) is 46.3 Å². The Labute approximate surface area is 104 Å². The highest BCUT2D eigenvalue weighted by molar-refractivity contribution is 5.02. The van der Waals surface area contributed by atoms with Gasteiger partial charge in [0.05, 0.1) is 0 Å². The molecule has 4 heteroatoms. The van der Waals surface area contributed by atoms with Crippen LogP contribution in [0.4, 0.5) is 0 Å². The summed E-state index contributed by atoms with van der Waals surface area (Å²) < 4.78 is 0. The Bertz CT molecular complexity index is 288. The first kappa shape index (κ1) is 12.6. The van der Waals surface area contributed by atoms with Crippen molar-refractivity contribution in [2.45, 2.75) is 13.0 Å². The number of nitrogens with one attached hydrogen (secondary N) is 2. The molecule has 96 valence electrons. The first-order valence-corrected chi connectivity index (χ1v) is 6.58. The Balaban J connectivity index is 1.49. The van der Waals surface area contributed by atoms with E-state index in [1.165, 1.54) is 44.8 Å². The Morgan fingerprint density at radius 1 is 1.29 bits per heavy atom. The zero-order valence-electron chi connectivity index (χ0n) is 10.8. The lowest BCUT2D eigenvalue weighted by Gasteiger charge is -2.32. The van der Waals surface area contributed by atoms with Gasteiger partial charge in [0.25, 0.3) is 0 Å². The van der Waals surface area contributed by atoms with Crippen molar-refractivity contribution in [3.63, 3.8) is 0 Å². The molecule has 0 atom stereocenters. The van der Waals surface area contributed by atoms with Crippen LogP contribution in [0.1, 0.15) is 12.1 Å². The van der Waals surface area contributed by atoms with Gasteiger partial charge in [-0.05, 0) is 38.7 Å². The van der Waals surface area contributed by atoms with Gasteiger partial charge in [0, 0.05) is 44.6 Å². The van der Waals surface area contributed by atoms with E-state index >= 15 is 0 Å². The van der Waals surface area contributed by atoms with Gasteiger partial charge < -0.3 is 20.1 Å².